The van der Waals surface area contributed by atoms with Crippen LogP contribution in [0.15, 0.2) is 24.3 Å². The lowest BCUT2D eigenvalue weighted by molar-refractivity contribution is -0.0518. The zero-order chi connectivity index (χ0) is 19.1. The molecule has 27 heavy (non-hydrogen) atoms. The number of hydrogen-bond donors (Lipinski definition) is 0. The van der Waals surface area contributed by atoms with Crippen molar-refractivity contribution >= 4 is 0 Å². The van der Waals surface area contributed by atoms with Gasteiger partial charge < -0.3 is 4.74 Å². The van der Waals surface area contributed by atoms with Crippen LogP contribution in [0.5, 0.6) is 0 Å². The lowest BCUT2D eigenvalue weighted by atomic mass is 9.68. The molecule has 0 spiro atoms. The second-order valence-corrected chi connectivity index (χ2v) is 9.23. The van der Waals surface area contributed by atoms with Gasteiger partial charge in [-0.05, 0) is 100 Å². The molecule has 1 aliphatic heterocycles. The highest BCUT2D eigenvalue weighted by Crippen LogP contribution is 2.43. The minimum absolute atomic E-state index is 0.123. The van der Waals surface area contributed by atoms with Gasteiger partial charge in [-0.3, -0.25) is 0 Å². The summed E-state index contributed by atoms with van der Waals surface area (Å²) in [5.74, 6) is 3.11. The summed E-state index contributed by atoms with van der Waals surface area (Å²) < 4.78 is 31.1. The Bertz CT molecular complexity index is 473. The SMILES string of the molecule is CCC/C=C/C1CCC(C2CCC(C3CCC(C=C(F)F)CC3)CC2)OC1. The Morgan fingerprint density at radius 1 is 0.815 bits per heavy atom. The van der Waals surface area contributed by atoms with Crippen LogP contribution in [0, 0.1) is 29.6 Å². The third-order valence-corrected chi connectivity index (χ3v) is 7.40. The highest BCUT2D eigenvalue weighted by Gasteiger charge is 2.34. The Labute approximate surface area is 164 Å². The fourth-order valence-corrected chi connectivity index (χ4v) is 5.72. The van der Waals surface area contributed by atoms with Gasteiger partial charge >= 0.3 is 0 Å². The van der Waals surface area contributed by atoms with Gasteiger partial charge in [-0.1, -0.05) is 25.5 Å². The molecule has 0 aromatic carbocycles. The maximum atomic E-state index is 12.4. The highest BCUT2D eigenvalue weighted by atomic mass is 19.3. The van der Waals surface area contributed by atoms with Gasteiger partial charge in [0.1, 0.15) is 0 Å². The molecule has 0 aromatic rings. The quantitative estimate of drug-likeness (QED) is 0.433. The van der Waals surface area contributed by atoms with Crippen molar-refractivity contribution in [2.24, 2.45) is 29.6 Å². The third kappa shape index (κ3) is 6.41. The summed E-state index contributed by atoms with van der Waals surface area (Å²) in [7, 11) is 0. The Kier molecular flexibility index (Phi) is 8.36. The van der Waals surface area contributed by atoms with Crippen molar-refractivity contribution in [2.75, 3.05) is 6.61 Å². The summed E-state index contributed by atoms with van der Waals surface area (Å²) >= 11 is 0. The number of allylic oxidation sites excluding steroid dienone is 2. The van der Waals surface area contributed by atoms with Crippen molar-refractivity contribution in [1.82, 2.24) is 0 Å². The predicted octanol–water partition coefficient (Wildman–Crippen LogP) is 7.53. The van der Waals surface area contributed by atoms with E-state index in [4.69, 9.17) is 4.74 Å². The van der Waals surface area contributed by atoms with E-state index in [0.29, 0.717) is 12.0 Å². The van der Waals surface area contributed by atoms with Crippen LogP contribution in [0.3, 0.4) is 0 Å². The third-order valence-electron chi connectivity index (χ3n) is 7.40. The first-order chi connectivity index (χ1) is 13.2. The van der Waals surface area contributed by atoms with Crippen molar-refractivity contribution in [3.8, 4) is 0 Å². The normalized spacial score (nSPS) is 38.0. The Morgan fingerprint density at radius 3 is 1.96 bits per heavy atom. The number of ether oxygens (including phenoxy) is 1. The fraction of sp³-hybridized carbons (Fsp3) is 0.833. The van der Waals surface area contributed by atoms with Crippen LogP contribution in [0.1, 0.15) is 84.0 Å². The van der Waals surface area contributed by atoms with Gasteiger partial charge in [0, 0.05) is 5.92 Å². The van der Waals surface area contributed by atoms with Crippen LogP contribution in [0.2, 0.25) is 0 Å². The maximum absolute atomic E-state index is 12.4. The molecule has 1 heterocycles. The molecule has 3 heteroatoms. The molecular formula is C24H38F2O. The summed E-state index contributed by atoms with van der Waals surface area (Å²) in [4.78, 5) is 0. The van der Waals surface area contributed by atoms with Crippen LogP contribution in [0.4, 0.5) is 8.78 Å². The first-order valence-electron chi connectivity index (χ1n) is 11.5. The number of rotatable bonds is 6. The van der Waals surface area contributed by atoms with E-state index in [-0.39, 0.29) is 5.92 Å². The Hall–Kier alpha value is -0.700. The molecule has 2 aliphatic carbocycles. The van der Waals surface area contributed by atoms with E-state index in [1.807, 2.05) is 0 Å². The monoisotopic (exact) mass is 380 g/mol. The van der Waals surface area contributed by atoms with E-state index in [9.17, 15) is 8.78 Å². The first-order valence-corrected chi connectivity index (χ1v) is 11.5. The molecule has 0 amide bonds. The van der Waals surface area contributed by atoms with Crippen LogP contribution in [0.25, 0.3) is 0 Å². The van der Waals surface area contributed by atoms with E-state index in [0.717, 1.165) is 50.0 Å². The standard InChI is InChI=1S/C24H38F2O/c1-2-3-4-5-19-8-15-23(27-17-19)22-13-11-21(12-14-22)20-9-6-18(7-10-20)16-24(25)26/h4-5,16,18-23H,2-3,6-15,17H2,1H3/b5-4+. The largest absolute Gasteiger partial charge is 0.377 e. The van der Waals surface area contributed by atoms with Gasteiger partial charge in [-0.2, -0.15) is 8.78 Å². The summed E-state index contributed by atoms with van der Waals surface area (Å²) in [5.41, 5.74) is 0. The molecular weight excluding hydrogens is 342 g/mol. The summed E-state index contributed by atoms with van der Waals surface area (Å²) in [6.45, 7) is 3.13. The number of unbranched alkanes of at least 4 members (excludes halogenated alkanes) is 1. The van der Waals surface area contributed by atoms with Gasteiger partial charge in [0.15, 0.2) is 0 Å². The van der Waals surface area contributed by atoms with Crippen LogP contribution < -0.4 is 0 Å². The van der Waals surface area contributed by atoms with E-state index < -0.39 is 6.08 Å². The molecule has 2 saturated carbocycles. The van der Waals surface area contributed by atoms with E-state index in [2.05, 4.69) is 19.1 Å². The summed E-state index contributed by atoms with van der Waals surface area (Å²) in [6.07, 6.45) is 19.3. The van der Waals surface area contributed by atoms with Crippen molar-refractivity contribution in [1.29, 1.82) is 0 Å². The van der Waals surface area contributed by atoms with Gasteiger partial charge in [-0.15, -0.1) is 0 Å². The molecule has 1 saturated heterocycles. The molecule has 3 aliphatic rings. The second-order valence-electron chi connectivity index (χ2n) is 9.23. The Morgan fingerprint density at radius 2 is 1.41 bits per heavy atom. The fourth-order valence-electron chi connectivity index (χ4n) is 5.72. The van der Waals surface area contributed by atoms with Gasteiger partial charge in [0.25, 0.3) is 6.08 Å². The maximum Gasteiger partial charge on any atom is 0.266 e. The number of halogens is 2. The minimum Gasteiger partial charge on any atom is -0.377 e. The molecule has 0 radical (unpaired) electrons. The van der Waals surface area contributed by atoms with Crippen molar-refractivity contribution in [3.05, 3.63) is 24.3 Å². The highest BCUT2D eigenvalue weighted by molar-refractivity contribution is 4.94. The van der Waals surface area contributed by atoms with Gasteiger partial charge in [0.2, 0.25) is 0 Å². The van der Waals surface area contributed by atoms with E-state index in [1.165, 1.54) is 57.4 Å². The lowest BCUT2D eigenvalue weighted by Gasteiger charge is -2.40. The molecule has 1 nitrogen and oxygen atoms in total. The topological polar surface area (TPSA) is 9.23 Å². The Balaban J connectivity index is 1.36. The van der Waals surface area contributed by atoms with Crippen LogP contribution in [-0.4, -0.2) is 12.7 Å². The van der Waals surface area contributed by atoms with Crippen molar-refractivity contribution in [2.45, 2.75) is 90.1 Å². The van der Waals surface area contributed by atoms with E-state index in [1.54, 1.807) is 0 Å². The van der Waals surface area contributed by atoms with Crippen molar-refractivity contribution < 1.29 is 13.5 Å². The smallest absolute Gasteiger partial charge is 0.266 e. The average molecular weight is 381 g/mol. The molecule has 154 valence electrons. The minimum atomic E-state index is -1.49. The second kappa shape index (κ2) is 10.7. The first kappa shape index (κ1) is 21.0. The average Bonchev–Trinajstić information content (AvgIpc) is 2.69. The summed E-state index contributed by atoms with van der Waals surface area (Å²) in [6, 6.07) is 0. The molecule has 0 N–H and O–H groups in total. The molecule has 2 unspecified atom stereocenters. The molecule has 0 bridgehead atoms. The number of hydrogen-bond acceptors (Lipinski definition) is 1. The summed E-state index contributed by atoms with van der Waals surface area (Å²) in [5, 5.41) is 0. The van der Waals surface area contributed by atoms with Gasteiger partial charge in [0.05, 0.1) is 12.7 Å². The molecule has 3 rings (SSSR count). The predicted molar refractivity (Wildman–Crippen MR) is 108 cm³/mol. The zero-order valence-electron chi connectivity index (χ0n) is 17.1. The van der Waals surface area contributed by atoms with Crippen molar-refractivity contribution in [3.63, 3.8) is 0 Å². The van der Waals surface area contributed by atoms with Crippen LogP contribution in [-0.2, 0) is 4.74 Å². The molecule has 2 atom stereocenters. The molecule has 0 aromatic heterocycles. The lowest BCUT2D eigenvalue weighted by Crippen LogP contribution is -2.35. The zero-order valence-corrected chi connectivity index (χ0v) is 17.1. The molecule has 3 fully saturated rings. The van der Waals surface area contributed by atoms with E-state index >= 15 is 0 Å². The van der Waals surface area contributed by atoms with Gasteiger partial charge in [-0.25, -0.2) is 0 Å². The van der Waals surface area contributed by atoms with Crippen LogP contribution >= 0.6 is 0 Å².